The van der Waals surface area contributed by atoms with Crippen LogP contribution in [0, 0.1) is 5.92 Å². The number of carbonyl (C=O) groups excluding carboxylic acids is 1. The number of hydrogen-bond acceptors (Lipinski definition) is 5. The van der Waals surface area contributed by atoms with Crippen LogP contribution in [0.2, 0.25) is 18.1 Å². The van der Waals surface area contributed by atoms with Gasteiger partial charge in [-0.05, 0) is 31.5 Å². The summed E-state index contributed by atoms with van der Waals surface area (Å²) in [6, 6.07) is 0. The standard InChI is InChI=1S/C19H37IO5Si/c1-9-23-18(13-20)25-16(11-10-12-17(21)22-6)15(2)14-24-26(7,8)19(3,4)5/h10,12,15-16,18H,9,11,13-14H2,1-8H3/b12-10+/t15-,16-,18?/m1/s1. The van der Waals surface area contributed by atoms with Crippen LogP contribution in [-0.4, -0.2) is 51.4 Å². The first kappa shape index (κ1) is 26.0. The Labute approximate surface area is 174 Å². The first-order chi connectivity index (χ1) is 12.0. The molecule has 0 N–H and O–H groups in total. The number of alkyl halides is 1. The van der Waals surface area contributed by atoms with Crippen molar-refractivity contribution in [2.24, 2.45) is 5.92 Å². The van der Waals surface area contributed by atoms with Crippen LogP contribution in [0.5, 0.6) is 0 Å². The summed E-state index contributed by atoms with van der Waals surface area (Å²) >= 11 is 2.26. The summed E-state index contributed by atoms with van der Waals surface area (Å²) in [5.41, 5.74) is 0. The maximum absolute atomic E-state index is 11.3. The molecule has 0 saturated carbocycles. The smallest absolute Gasteiger partial charge is 0.330 e. The molecule has 3 atom stereocenters. The van der Waals surface area contributed by atoms with Crippen molar-refractivity contribution in [3.8, 4) is 0 Å². The average Bonchev–Trinajstić information content (AvgIpc) is 2.56. The molecule has 0 amide bonds. The third-order valence-electron chi connectivity index (χ3n) is 4.78. The van der Waals surface area contributed by atoms with Crippen molar-refractivity contribution in [3.63, 3.8) is 0 Å². The fraction of sp³-hybridized carbons (Fsp3) is 0.842. The Hall–Kier alpha value is 0.0369. The molecule has 0 aromatic rings. The van der Waals surface area contributed by atoms with Gasteiger partial charge in [0.25, 0.3) is 0 Å². The zero-order chi connectivity index (χ0) is 20.4. The molecule has 0 heterocycles. The van der Waals surface area contributed by atoms with E-state index in [4.69, 9.17) is 13.9 Å². The van der Waals surface area contributed by atoms with Crippen molar-refractivity contribution in [2.75, 3.05) is 24.8 Å². The molecule has 0 aromatic heterocycles. The number of carbonyl (C=O) groups is 1. The Bertz CT molecular complexity index is 434. The largest absolute Gasteiger partial charge is 0.466 e. The monoisotopic (exact) mass is 500 g/mol. The lowest BCUT2D eigenvalue weighted by molar-refractivity contribution is -0.165. The maximum Gasteiger partial charge on any atom is 0.330 e. The number of esters is 1. The molecule has 0 saturated heterocycles. The van der Waals surface area contributed by atoms with Gasteiger partial charge in [-0.2, -0.15) is 0 Å². The molecule has 0 spiro atoms. The van der Waals surface area contributed by atoms with Crippen LogP contribution >= 0.6 is 22.6 Å². The lowest BCUT2D eigenvalue weighted by Gasteiger charge is -2.38. The number of ether oxygens (including phenoxy) is 3. The van der Waals surface area contributed by atoms with Crippen molar-refractivity contribution >= 4 is 36.9 Å². The van der Waals surface area contributed by atoms with Gasteiger partial charge < -0.3 is 18.6 Å². The Morgan fingerprint density at radius 2 is 1.88 bits per heavy atom. The summed E-state index contributed by atoms with van der Waals surface area (Å²) in [6.07, 6.45) is 3.50. The summed E-state index contributed by atoms with van der Waals surface area (Å²) in [5, 5.41) is 0.171. The fourth-order valence-electron chi connectivity index (χ4n) is 1.95. The molecule has 0 rings (SSSR count). The third-order valence-corrected chi connectivity index (χ3v) is 10.00. The van der Waals surface area contributed by atoms with Crippen LogP contribution in [0.15, 0.2) is 12.2 Å². The zero-order valence-electron chi connectivity index (χ0n) is 17.6. The highest BCUT2D eigenvalue weighted by atomic mass is 127. The first-order valence-electron chi connectivity index (χ1n) is 9.20. The predicted molar refractivity (Wildman–Crippen MR) is 117 cm³/mol. The molecule has 154 valence electrons. The van der Waals surface area contributed by atoms with Gasteiger partial charge in [-0.1, -0.05) is 56.4 Å². The predicted octanol–water partition coefficient (Wildman–Crippen LogP) is 4.95. The molecule has 1 unspecified atom stereocenters. The highest BCUT2D eigenvalue weighted by Gasteiger charge is 2.38. The molecular formula is C19H37IO5Si. The van der Waals surface area contributed by atoms with Gasteiger partial charge in [0.2, 0.25) is 0 Å². The Morgan fingerprint density at radius 3 is 2.35 bits per heavy atom. The lowest BCUT2D eigenvalue weighted by Crippen LogP contribution is -2.43. The fourth-order valence-corrected chi connectivity index (χ4v) is 3.53. The molecule has 0 radical (unpaired) electrons. The summed E-state index contributed by atoms with van der Waals surface area (Å²) in [5.74, 6) is -0.179. The quantitative estimate of drug-likeness (QED) is 0.0949. The molecular weight excluding hydrogens is 463 g/mol. The molecule has 5 nitrogen and oxygen atoms in total. The van der Waals surface area contributed by atoms with Gasteiger partial charge in [-0.25, -0.2) is 4.79 Å². The normalized spacial score (nSPS) is 16.5. The van der Waals surface area contributed by atoms with Gasteiger partial charge in [0, 0.05) is 25.2 Å². The minimum atomic E-state index is -1.81. The van der Waals surface area contributed by atoms with Gasteiger partial charge in [0.15, 0.2) is 14.6 Å². The van der Waals surface area contributed by atoms with Crippen molar-refractivity contribution in [3.05, 3.63) is 12.2 Å². The second-order valence-electron chi connectivity index (χ2n) is 7.92. The van der Waals surface area contributed by atoms with E-state index < -0.39 is 8.32 Å². The van der Waals surface area contributed by atoms with Crippen molar-refractivity contribution in [1.29, 1.82) is 0 Å². The second-order valence-corrected chi connectivity index (χ2v) is 13.6. The van der Waals surface area contributed by atoms with E-state index in [0.29, 0.717) is 19.6 Å². The maximum atomic E-state index is 11.3. The first-order valence-corrected chi connectivity index (χ1v) is 13.6. The average molecular weight is 500 g/mol. The van der Waals surface area contributed by atoms with E-state index in [0.717, 1.165) is 4.43 Å². The van der Waals surface area contributed by atoms with Gasteiger partial charge >= 0.3 is 5.97 Å². The number of halogens is 1. The van der Waals surface area contributed by atoms with E-state index in [1.165, 1.54) is 13.2 Å². The Kier molecular flexibility index (Phi) is 12.5. The van der Waals surface area contributed by atoms with E-state index in [9.17, 15) is 4.79 Å². The van der Waals surface area contributed by atoms with Crippen LogP contribution in [-0.2, 0) is 23.4 Å². The number of hydrogen-bond donors (Lipinski definition) is 0. The van der Waals surface area contributed by atoms with E-state index in [1.54, 1.807) is 6.08 Å². The molecule has 0 fully saturated rings. The Balaban J connectivity index is 4.99. The van der Waals surface area contributed by atoms with E-state index in [2.05, 4.69) is 68.1 Å². The lowest BCUT2D eigenvalue weighted by atomic mass is 10.0. The molecule has 0 aliphatic rings. The summed E-state index contributed by atoms with van der Waals surface area (Å²) < 4.78 is 23.6. The molecule has 0 aromatic carbocycles. The molecule has 0 aliphatic carbocycles. The van der Waals surface area contributed by atoms with E-state index >= 15 is 0 Å². The second kappa shape index (κ2) is 12.5. The van der Waals surface area contributed by atoms with Crippen LogP contribution in [0.1, 0.15) is 41.0 Å². The summed E-state index contributed by atoms with van der Waals surface area (Å²) in [4.78, 5) is 11.3. The minimum Gasteiger partial charge on any atom is -0.466 e. The van der Waals surface area contributed by atoms with Crippen LogP contribution < -0.4 is 0 Å². The summed E-state index contributed by atoms with van der Waals surface area (Å²) in [6.45, 7) is 16.5. The van der Waals surface area contributed by atoms with Crippen molar-refractivity contribution in [1.82, 2.24) is 0 Å². The van der Waals surface area contributed by atoms with Gasteiger partial charge in [-0.15, -0.1) is 0 Å². The molecule has 7 heteroatoms. The van der Waals surface area contributed by atoms with E-state index in [-0.39, 0.29) is 29.3 Å². The SMILES string of the molecule is CCOC(CI)O[C@H](C/C=C/C(=O)OC)[C@H](C)CO[Si](C)(C)C(C)(C)C. The van der Waals surface area contributed by atoms with Gasteiger partial charge in [0.1, 0.15) is 0 Å². The van der Waals surface area contributed by atoms with Crippen molar-refractivity contribution in [2.45, 2.75) is 71.6 Å². The number of rotatable bonds is 12. The van der Waals surface area contributed by atoms with Gasteiger partial charge in [-0.3, -0.25) is 0 Å². The van der Waals surface area contributed by atoms with Crippen LogP contribution in [0.3, 0.4) is 0 Å². The molecule has 0 bridgehead atoms. The van der Waals surface area contributed by atoms with Gasteiger partial charge in [0.05, 0.1) is 17.6 Å². The Morgan fingerprint density at radius 1 is 1.27 bits per heavy atom. The third kappa shape index (κ3) is 9.82. The summed E-state index contributed by atoms with van der Waals surface area (Å²) in [7, 11) is -0.440. The molecule has 26 heavy (non-hydrogen) atoms. The molecule has 0 aliphatic heterocycles. The zero-order valence-corrected chi connectivity index (χ0v) is 20.8. The topological polar surface area (TPSA) is 54.0 Å². The van der Waals surface area contributed by atoms with Crippen LogP contribution in [0.25, 0.3) is 0 Å². The highest BCUT2D eigenvalue weighted by Crippen LogP contribution is 2.37. The minimum absolute atomic E-state index is 0.0907. The van der Waals surface area contributed by atoms with E-state index in [1.807, 2.05) is 6.92 Å². The van der Waals surface area contributed by atoms with Crippen molar-refractivity contribution < 1.29 is 23.4 Å². The number of methoxy groups -OCH3 is 1. The highest BCUT2D eigenvalue weighted by molar-refractivity contribution is 14.1. The van der Waals surface area contributed by atoms with Crippen LogP contribution in [0.4, 0.5) is 0 Å².